The van der Waals surface area contributed by atoms with Crippen LogP contribution in [0, 0.1) is 5.82 Å². The van der Waals surface area contributed by atoms with Crippen molar-refractivity contribution in [2.45, 2.75) is 13.5 Å². The Morgan fingerprint density at radius 2 is 1.96 bits per heavy atom. The lowest BCUT2D eigenvalue weighted by atomic mass is 10.1. The molecule has 136 valence electrons. The highest BCUT2D eigenvalue weighted by atomic mass is 35.5. The van der Waals surface area contributed by atoms with Crippen LogP contribution in [0.4, 0.5) is 4.39 Å². The molecule has 0 radical (unpaired) electrons. The molecule has 4 aromatic rings. The highest BCUT2D eigenvalue weighted by Crippen LogP contribution is 2.33. The fraction of sp³-hybridized carbons (Fsp3) is 0.105. The van der Waals surface area contributed by atoms with Gasteiger partial charge in [-0.3, -0.25) is 4.79 Å². The summed E-state index contributed by atoms with van der Waals surface area (Å²) in [4.78, 5) is 17.1. The normalized spacial score (nSPS) is 11.2. The average Bonchev–Trinajstić information content (AvgIpc) is 3.12. The highest BCUT2D eigenvalue weighted by molar-refractivity contribution is 6.30. The van der Waals surface area contributed by atoms with Gasteiger partial charge in [0.2, 0.25) is 5.82 Å². The number of aromatic nitrogens is 3. The smallest absolute Gasteiger partial charge is 0.267 e. The van der Waals surface area contributed by atoms with Crippen molar-refractivity contribution in [3.05, 3.63) is 63.7 Å². The first-order chi connectivity index (χ1) is 13.0. The van der Waals surface area contributed by atoms with Crippen LogP contribution in [0.15, 0.2) is 51.8 Å². The first-order valence-corrected chi connectivity index (χ1v) is 8.52. The van der Waals surface area contributed by atoms with E-state index in [0.29, 0.717) is 21.5 Å². The Morgan fingerprint density at radius 1 is 1.22 bits per heavy atom. The van der Waals surface area contributed by atoms with Crippen LogP contribution in [0.5, 0.6) is 5.75 Å². The average molecular weight is 386 g/mol. The minimum absolute atomic E-state index is 0.115. The molecular weight excluding hydrogens is 373 g/mol. The van der Waals surface area contributed by atoms with Gasteiger partial charge in [-0.25, -0.2) is 4.39 Å². The highest BCUT2D eigenvalue weighted by Gasteiger charge is 2.23. The van der Waals surface area contributed by atoms with Gasteiger partial charge in [-0.05, 0) is 49.4 Å². The Bertz CT molecular complexity index is 1220. The molecule has 0 aliphatic carbocycles. The Morgan fingerprint density at radius 3 is 2.67 bits per heavy atom. The molecule has 0 aliphatic heterocycles. The molecule has 0 saturated heterocycles. The largest absolute Gasteiger partial charge is 0.506 e. The van der Waals surface area contributed by atoms with E-state index in [-0.39, 0.29) is 29.6 Å². The number of aromatic hydroxyl groups is 1. The molecule has 0 saturated carbocycles. The maximum atomic E-state index is 13.6. The number of benzene rings is 2. The van der Waals surface area contributed by atoms with Crippen molar-refractivity contribution in [2.75, 3.05) is 0 Å². The molecule has 0 fully saturated rings. The van der Waals surface area contributed by atoms with Crippen LogP contribution in [0.2, 0.25) is 5.02 Å². The molecule has 0 atom stereocenters. The van der Waals surface area contributed by atoms with E-state index in [0.717, 1.165) is 0 Å². The standard InChI is InChI=1S/C19H13ClFN3O3/c1-2-24-14-9-12(21)7-8-13(14)16(25)15(19(24)26)18-22-17(23-27-18)10-3-5-11(20)6-4-10/h3-9,25H,2H2,1H3. The van der Waals surface area contributed by atoms with Gasteiger partial charge in [0, 0.05) is 22.5 Å². The second-order valence-corrected chi connectivity index (χ2v) is 6.30. The van der Waals surface area contributed by atoms with Crippen LogP contribution in [0.25, 0.3) is 33.7 Å². The predicted octanol–water partition coefficient (Wildman–Crippen LogP) is 4.24. The number of rotatable bonds is 3. The second-order valence-electron chi connectivity index (χ2n) is 5.86. The summed E-state index contributed by atoms with van der Waals surface area (Å²) in [6, 6.07) is 10.6. The van der Waals surface area contributed by atoms with Crippen LogP contribution in [0.1, 0.15) is 6.92 Å². The van der Waals surface area contributed by atoms with Crippen molar-refractivity contribution < 1.29 is 14.0 Å². The summed E-state index contributed by atoms with van der Waals surface area (Å²) in [5.41, 5.74) is 0.275. The van der Waals surface area contributed by atoms with Gasteiger partial charge in [0.1, 0.15) is 17.1 Å². The van der Waals surface area contributed by atoms with Gasteiger partial charge in [0.15, 0.2) is 0 Å². The Hall–Kier alpha value is -3.19. The molecule has 27 heavy (non-hydrogen) atoms. The molecule has 0 bridgehead atoms. The zero-order valence-corrected chi connectivity index (χ0v) is 14.9. The van der Waals surface area contributed by atoms with Crippen LogP contribution >= 0.6 is 11.6 Å². The lowest BCUT2D eigenvalue weighted by Crippen LogP contribution is -2.21. The molecule has 4 rings (SSSR count). The lowest BCUT2D eigenvalue weighted by molar-refractivity contribution is 0.425. The van der Waals surface area contributed by atoms with Crippen molar-refractivity contribution in [1.82, 2.24) is 14.7 Å². The number of hydrogen-bond acceptors (Lipinski definition) is 5. The quantitative estimate of drug-likeness (QED) is 0.570. The van der Waals surface area contributed by atoms with E-state index < -0.39 is 11.4 Å². The molecule has 2 aromatic heterocycles. The molecule has 6 nitrogen and oxygen atoms in total. The summed E-state index contributed by atoms with van der Waals surface area (Å²) in [6.07, 6.45) is 0. The van der Waals surface area contributed by atoms with Gasteiger partial charge in [-0.1, -0.05) is 16.8 Å². The maximum Gasteiger partial charge on any atom is 0.267 e. The first kappa shape index (κ1) is 17.2. The number of aryl methyl sites for hydroxylation is 1. The molecule has 8 heteroatoms. The zero-order valence-electron chi connectivity index (χ0n) is 14.1. The van der Waals surface area contributed by atoms with Crippen molar-refractivity contribution >= 4 is 22.5 Å². The number of halogens is 2. The Kier molecular flexibility index (Phi) is 4.16. The van der Waals surface area contributed by atoms with Gasteiger partial charge in [0.25, 0.3) is 11.4 Å². The SMILES string of the molecule is CCn1c(=O)c(-c2nc(-c3ccc(Cl)cc3)no2)c(O)c2ccc(F)cc21. The first-order valence-electron chi connectivity index (χ1n) is 8.14. The van der Waals surface area contributed by atoms with Gasteiger partial charge in [-0.2, -0.15) is 4.98 Å². The zero-order chi connectivity index (χ0) is 19.1. The maximum absolute atomic E-state index is 13.6. The van der Waals surface area contributed by atoms with E-state index in [1.807, 2.05) is 0 Å². The Labute approximate surface area is 157 Å². The molecule has 0 spiro atoms. The van der Waals surface area contributed by atoms with E-state index in [4.69, 9.17) is 16.1 Å². The third-order valence-corrected chi connectivity index (χ3v) is 4.51. The summed E-state index contributed by atoms with van der Waals surface area (Å²) in [5.74, 6) is -0.691. The van der Waals surface area contributed by atoms with Crippen LogP contribution in [-0.2, 0) is 6.54 Å². The van der Waals surface area contributed by atoms with Gasteiger partial charge in [0.05, 0.1) is 5.52 Å². The summed E-state index contributed by atoms with van der Waals surface area (Å²) in [6.45, 7) is 2.03. The number of pyridine rings is 1. The minimum Gasteiger partial charge on any atom is -0.506 e. The van der Waals surface area contributed by atoms with E-state index >= 15 is 0 Å². The minimum atomic E-state index is -0.542. The summed E-state index contributed by atoms with van der Waals surface area (Å²) in [7, 11) is 0. The van der Waals surface area contributed by atoms with Gasteiger partial charge in [-0.15, -0.1) is 0 Å². The van der Waals surface area contributed by atoms with Crippen molar-refractivity contribution in [1.29, 1.82) is 0 Å². The van der Waals surface area contributed by atoms with Crippen molar-refractivity contribution in [2.24, 2.45) is 0 Å². The number of fused-ring (bicyclic) bond motifs is 1. The van der Waals surface area contributed by atoms with Crippen LogP contribution < -0.4 is 5.56 Å². The van der Waals surface area contributed by atoms with E-state index in [2.05, 4.69) is 10.1 Å². The number of hydrogen-bond donors (Lipinski definition) is 1. The lowest BCUT2D eigenvalue weighted by Gasteiger charge is -2.11. The van der Waals surface area contributed by atoms with Crippen molar-refractivity contribution in [3.8, 4) is 28.6 Å². The molecule has 0 amide bonds. The summed E-state index contributed by atoms with van der Waals surface area (Å²) < 4.78 is 20.2. The number of nitrogens with zero attached hydrogens (tertiary/aromatic N) is 3. The van der Waals surface area contributed by atoms with Crippen LogP contribution in [0.3, 0.4) is 0 Å². The summed E-state index contributed by atoms with van der Waals surface area (Å²) in [5, 5.41) is 15.4. The third-order valence-electron chi connectivity index (χ3n) is 4.26. The molecule has 1 N–H and O–H groups in total. The monoisotopic (exact) mass is 385 g/mol. The molecule has 0 aliphatic rings. The molecule has 2 heterocycles. The van der Waals surface area contributed by atoms with Crippen molar-refractivity contribution in [3.63, 3.8) is 0 Å². The molecular formula is C19H13ClFN3O3. The fourth-order valence-electron chi connectivity index (χ4n) is 2.96. The topological polar surface area (TPSA) is 81.2 Å². The van der Waals surface area contributed by atoms with E-state index in [9.17, 15) is 14.3 Å². The second kappa shape index (κ2) is 6.51. The van der Waals surface area contributed by atoms with E-state index in [1.54, 1.807) is 31.2 Å². The van der Waals surface area contributed by atoms with Crippen LogP contribution in [-0.4, -0.2) is 19.8 Å². The Balaban J connectivity index is 1.93. The third kappa shape index (κ3) is 2.86. The van der Waals surface area contributed by atoms with E-state index in [1.165, 1.54) is 22.8 Å². The summed E-state index contributed by atoms with van der Waals surface area (Å²) >= 11 is 5.87. The van der Waals surface area contributed by atoms with Gasteiger partial charge >= 0.3 is 0 Å². The molecule has 0 unspecified atom stereocenters. The molecule has 2 aromatic carbocycles. The predicted molar refractivity (Wildman–Crippen MR) is 99.2 cm³/mol. The van der Waals surface area contributed by atoms with Gasteiger partial charge < -0.3 is 14.2 Å². The fourth-order valence-corrected chi connectivity index (χ4v) is 3.08.